The smallest absolute Gasteiger partial charge is 0.317 e. The van der Waals surface area contributed by atoms with Gasteiger partial charge < -0.3 is 5.11 Å². The average Bonchev–Trinajstić information content (AvgIpc) is 3.02. The van der Waals surface area contributed by atoms with Gasteiger partial charge in [0.2, 0.25) is 0 Å². The van der Waals surface area contributed by atoms with Crippen LogP contribution in [-0.4, -0.2) is 36.1 Å². The van der Waals surface area contributed by atoms with Crippen LogP contribution in [0.1, 0.15) is 31.7 Å². The lowest BCUT2D eigenvalue weighted by Gasteiger charge is -2.11. The van der Waals surface area contributed by atoms with Crippen LogP contribution in [0.25, 0.3) is 17.0 Å². The van der Waals surface area contributed by atoms with E-state index in [0.717, 1.165) is 18.4 Å². The molecule has 2 aromatic heterocycles. The molecule has 25 heavy (non-hydrogen) atoms. The van der Waals surface area contributed by atoms with E-state index in [9.17, 15) is 9.90 Å². The number of fused-ring (bicyclic) bond motifs is 1. The summed E-state index contributed by atoms with van der Waals surface area (Å²) in [4.78, 5) is 11.5. The van der Waals surface area contributed by atoms with Crippen LogP contribution in [0.4, 0.5) is 0 Å². The maximum Gasteiger partial charge on any atom is 0.317 e. The zero-order chi connectivity index (χ0) is 17.8. The molecule has 2 heterocycles. The largest absolute Gasteiger partial charge is 0.480 e. The van der Waals surface area contributed by atoms with Gasteiger partial charge in [0, 0.05) is 5.56 Å². The first-order chi connectivity index (χ1) is 12.1. The Morgan fingerprint density at radius 2 is 1.96 bits per heavy atom. The highest BCUT2D eigenvalue weighted by Crippen LogP contribution is 2.26. The molecule has 0 fully saturated rings. The van der Waals surface area contributed by atoms with Gasteiger partial charge in [-0.15, -0.1) is 10.2 Å². The summed E-state index contributed by atoms with van der Waals surface area (Å²) in [5.74, 6) is -0.152. The number of hydrogen-bond acceptors (Lipinski definition) is 5. The summed E-state index contributed by atoms with van der Waals surface area (Å²) in [6.45, 7) is 4.08. The number of hydrogen-bond donors (Lipinski definition) is 1. The van der Waals surface area contributed by atoms with E-state index in [4.69, 9.17) is 0 Å². The minimum absolute atomic E-state index is 0.496. The SMILES string of the molecule is CCCC[C@H](Sc1ccc2nnc(-c3ccc(C)cc3)n2n1)C(=O)O. The zero-order valence-electron chi connectivity index (χ0n) is 14.2. The second-order valence-corrected chi connectivity index (χ2v) is 7.14. The van der Waals surface area contributed by atoms with Crippen LogP contribution in [0.3, 0.4) is 0 Å². The molecule has 0 aliphatic heterocycles. The van der Waals surface area contributed by atoms with Crippen LogP contribution < -0.4 is 0 Å². The first-order valence-electron chi connectivity index (χ1n) is 8.27. The first kappa shape index (κ1) is 17.4. The Kier molecular flexibility index (Phi) is 5.33. The third-order valence-electron chi connectivity index (χ3n) is 3.91. The number of aliphatic carboxylic acids is 1. The Morgan fingerprint density at radius 1 is 1.20 bits per heavy atom. The van der Waals surface area contributed by atoms with Gasteiger partial charge in [-0.3, -0.25) is 4.79 Å². The highest BCUT2D eigenvalue weighted by molar-refractivity contribution is 8.00. The summed E-state index contributed by atoms with van der Waals surface area (Å²) in [7, 11) is 0. The van der Waals surface area contributed by atoms with Crippen LogP contribution in [0.15, 0.2) is 41.4 Å². The molecule has 1 N–H and O–H groups in total. The number of thioether (sulfide) groups is 1. The van der Waals surface area contributed by atoms with Crippen molar-refractivity contribution in [3.8, 4) is 11.4 Å². The number of aryl methyl sites for hydroxylation is 1. The average molecular weight is 356 g/mol. The Bertz CT molecular complexity index is 876. The van der Waals surface area contributed by atoms with Crippen molar-refractivity contribution in [1.29, 1.82) is 0 Å². The van der Waals surface area contributed by atoms with Gasteiger partial charge in [0.05, 0.1) is 0 Å². The normalized spacial score (nSPS) is 12.4. The van der Waals surface area contributed by atoms with E-state index in [-0.39, 0.29) is 0 Å². The summed E-state index contributed by atoms with van der Waals surface area (Å²) < 4.78 is 1.67. The van der Waals surface area contributed by atoms with Crippen molar-refractivity contribution < 1.29 is 9.90 Å². The maximum absolute atomic E-state index is 11.5. The molecule has 0 aliphatic carbocycles. The lowest BCUT2D eigenvalue weighted by molar-refractivity contribution is -0.136. The number of unbranched alkanes of at least 4 members (excludes halogenated alkanes) is 1. The molecular weight excluding hydrogens is 336 g/mol. The maximum atomic E-state index is 11.5. The number of carboxylic acid groups (broad SMARTS) is 1. The standard InChI is InChI=1S/C18H20N4O2S/c1-3-4-5-14(18(23)24)25-16-11-10-15-19-20-17(22(15)21-16)13-8-6-12(2)7-9-13/h6-11,14H,3-5H2,1-2H3,(H,23,24)/t14-/m0/s1. The van der Waals surface area contributed by atoms with Crippen molar-refractivity contribution in [3.05, 3.63) is 42.0 Å². The third kappa shape index (κ3) is 3.99. The van der Waals surface area contributed by atoms with Gasteiger partial charge in [-0.05, 0) is 25.5 Å². The minimum Gasteiger partial charge on any atom is -0.480 e. The molecule has 0 spiro atoms. The van der Waals surface area contributed by atoms with E-state index in [2.05, 4.69) is 22.2 Å². The predicted molar refractivity (Wildman–Crippen MR) is 97.8 cm³/mol. The molecule has 7 heteroatoms. The van der Waals surface area contributed by atoms with E-state index in [1.54, 1.807) is 10.6 Å². The molecule has 0 saturated carbocycles. The van der Waals surface area contributed by atoms with Gasteiger partial charge in [0.25, 0.3) is 0 Å². The molecule has 130 valence electrons. The molecule has 0 radical (unpaired) electrons. The molecule has 6 nitrogen and oxygen atoms in total. The van der Waals surface area contributed by atoms with E-state index >= 15 is 0 Å². The fourth-order valence-corrected chi connectivity index (χ4v) is 3.44. The quantitative estimate of drug-likeness (QED) is 0.648. The van der Waals surface area contributed by atoms with Crippen molar-refractivity contribution in [2.75, 3.05) is 0 Å². The molecule has 1 atom stereocenters. The highest BCUT2D eigenvalue weighted by Gasteiger charge is 2.20. The molecule has 3 rings (SSSR count). The first-order valence-corrected chi connectivity index (χ1v) is 9.15. The van der Waals surface area contributed by atoms with E-state index in [0.29, 0.717) is 22.9 Å². The summed E-state index contributed by atoms with van der Waals surface area (Å²) in [6, 6.07) is 11.6. The van der Waals surface area contributed by atoms with Gasteiger partial charge in [-0.2, -0.15) is 9.61 Å². The van der Waals surface area contributed by atoms with Crippen LogP contribution in [0.5, 0.6) is 0 Å². The van der Waals surface area contributed by atoms with E-state index in [1.165, 1.54) is 17.3 Å². The molecule has 0 amide bonds. The topological polar surface area (TPSA) is 80.4 Å². The zero-order valence-corrected chi connectivity index (χ0v) is 15.0. The number of aromatic nitrogens is 4. The van der Waals surface area contributed by atoms with Gasteiger partial charge in [0.15, 0.2) is 11.5 Å². The van der Waals surface area contributed by atoms with Crippen molar-refractivity contribution in [2.45, 2.75) is 43.4 Å². The molecule has 0 saturated heterocycles. The fraction of sp³-hybridized carbons (Fsp3) is 0.333. The Balaban J connectivity index is 1.92. The van der Waals surface area contributed by atoms with Crippen LogP contribution in [-0.2, 0) is 4.79 Å². The van der Waals surface area contributed by atoms with Crippen molar-refractivity contribution in [3.63, 3.8) is 0 Å². The van der Waals surface area contributed by atoms with Crippen LogP contribution >= 0.6 is 11.8 Å². The number of rotatable bonds is 7. The monoisotopic (exact) mass is 356 g/mol. The lowest BCUT2D eigenvalue weighted by Crippen LogP contribution is -2.16. The molecule has 0 unspecified atom stereocenters. The summed E-state index contributed by atoms with van der Waals surface area (Å²) >= 11 is 1.27. The second kappa shape index (κ2) is 7.65. The fourth-order valence-electron chi connectivity index (χ4n) is 2.49. The lowest BCUT2D eigenvalue weighted by atomic mass is 10.1. The second-order valence-electron chi connectivity index (χ2n) is 5.92. The summed E-state index contributed by atoms with van der Waals surface area (Å²) in [5, 5.41) is 22.5. The van der Waals surface area contributed by atoms with Gasteiger partial charge in [0.1, 0.15) is 10.3 Å². The predicted octanol–water partition coefficient (Wildman–Crippen LogP) is 3.84. The van der Waals surface area contributed by atoms with Gasteiger partial charge in [-0.1, -0.05) is 61.4 Å². The van der Waals surface area contributed by atoms with Crippen molar-refractivity contribution in [1.82, 2.24) is 19.8 Å². The Hall–Kier alpha value is -2.41. The molecule has 1 aromatic carbocycles. The molecular formula is C18H20N4O2S. The molecule has 0 bridgehead atoms. The van der Waals surface area contributed by atoms with Gasteiger partial charge in [-0.25, -0.2) is 0 Å². The minimum atomic E-state index is -0.803. The molecule has 3 aromatic rings. The van der Waals surface area contributed by atoms with Crippen molar-refractivity contribution >= 4 is 23.4 Å². The number of carbonyl (C=O) groups is 1. The van der Waals surface area contributed by atoms with Gasteiger partial charge >= 0.3 is 5.97 Å². The van der Waals surface area contributed by atoms with E-state index in [1.807, 2.05) is 37.3 Å². The third-order valence-corrected chi connectivity index (χ3v) is 5.09. The number of benzene rings is 1. The Labute approximate surface area is 150 Å². The highest BCUT2D eigenvalue weighted by atomic mass is 32.2. The van der Waals surface area contributed by atoms with Crippen LogP contribution in [0, 0.1) is 6.92 Å². The number of carboxylic acids is 1. The Morgan fingerprint density at radius 3 is 2.64 bits per heavy atom. The number of nitrogens with zero attached hydrogens (tertiary/aromatic N) is 4. The molecule has 0 aliphatic rings. The summed E-state index contributed by atoms with van der Waals surface area (Å²) in [5.41, 5.74) is 2.73. The van der Waals surface area contributed by atoms with E-state index < -0.39 is 11.2 Å². The van der Waals surface area contributed by atoms with Crippen LogP contribution in [0.2, 0.25) is 0 Å². The summed E-state index contributed by atoms with van der Waals surface area (Å²) in [6.07, 6.45) is 2.48. The van der Waals surface area contributed by atoms with Crippen molar-refractivity contribution in [2.24, 2.45) is 0 Å².